The smallest absolute Gasteiger partial charge is 0.315 e. The minimum absolute atomic E-state index is 0.147. The molecular weight excluding hydrogens is 262 g/mol. The first kappa shape index (κ1) is 15.0. The minimum atomic E-state index is -0.147. The summed E-state index contributed by atoms with van der Waals surface area (Å²) in [5.74, 6) is 0. The van der Waals surface area contributed by atoms with Gasteiger partial charge in [0.05, 0.1) is 0 Å². The summed E-state index contributed by atoms with van der Waals surface area (Å²) in [5, 5.41) is 5.72. The van der Waals surface area contributed by atoms with E-state index in [1.54, 1.807) is 6.20 Å². The number of nitrogens with zero attached hydrogens (tertiary/aromatic N) is 1. The van der Waals surface area contributed by atoms with Crippen LogP contribution in [0.5, 0.6) is 0 Å². The van der Waals surface area contributed by atoms with Crippen LogP contribution in [0.15, 0.2) is 42.6 Å². The first-order valence-corrected chi connectivity index (χ1v) is 7.13. The summed E-state index contributed by atoms with van der Waals surface area (Å²) in [6.45, 7) is 5.24. The number of aryl methyl sites for hydroxylation is 2. The number of carbonyl (C=O) groups is 1. The van der Waals surface area contributed by atoms with Crippen LogP contribution in [0.1, 0.15) is 22.4 Å². The molecule has 0 spiro atoms. The van der Waals surface area contributed by atoms with Crippen molar-refractivity contribution in [3.05, 3.63) is 65.0 Å². The van der Waals surface area contributed by atoms with Gasteiger partial charge in [-0.05, 0) is 37.1 Å². The Morgan fingerprint density at radius 3 is 2.71 bits per heavy atom. The van der Waals surface area contributed by atoms with Crippen molar-refractivity contribution in [1.82, 2.24) is 15.6 Å². The monoisotopic (exact) mass is 283 g/mol. The summed E-state index contributed by atoms with van der Waals surface area (Å²) in [7, 11) is 0. The second kappa shape index (κ2) is 7.43. The molecule has 0 atom stereocenters. The van der Waals surface area contributed by atoms with E-state index in [-0.39, 0.29) is 6.03 Å². The maximum absolute atomic E-state index is 11.7. The van der Waals surface area contributed by atoms with Crippen LogP contribution in [0.2, 0.25) is 0 Å². The molecule has 0 saturated heterocycles. The van der Waals surface area contributed by atoms with Crippen molar-refractivity contribution >= 4 is 6.03 Å². The van der Waals surface area contributed by atoms with E-state index in [1.165, 1.54) is 11.1 Å². The number of nitrogens with one attached hydrogen (secondary N) is 2. The highest BCUT2D eigenvalue weighted by atomic mass is 16.2. The molecule has 0 saturated carbocycles. The highest BCUT2D eigenvalue weighted by Crippen LogP contribution is 2.09. The quantitative estimate of drug-likeness (QED) is 0.886. The second-order valence-corrected chi connectivity index (χ2v) is 5.11. The number of pyridine rings is 1. The van der Waals surface area contributed by atoms with Gasteiger partial charge < -0.3 is 10.6 Å². The fraction of sp³-hybridized carbons (Fsp3) is 0.294. The molecule has 2 rings (SSSR count). The van der Waals surface area contributed by atoms with Crippen molar-refractivity contribution in [3.63, 3.8) is 0 Å². The van der Waals surface area contributed by atoms with Crippen molar-refractivity contribution in [2.45, 2.75) is 26.8 Å². The van der Waals surface area contributed by atoms with Gasteiger partial charge in [-0.25, -0.2) is 4.79 Å². The third-order valence-electron chi connectivity index (χ3n) is 3.33. The van der Waals surface area contributed by atoms with Crippen molar-refractivity contribution in [1.29, 1.82) is 0 Å². The average molecular weight is 283 g/mol. The lowest BCUT2D eigenvalue weighted by molar-refractivity contribution is 0.240. The fourth-order valence-corrected chi connectivity index (χ4v) is 2.13. The molecule has 0 aliphatic carbocycles. The standard InChI is InChI=1S/C17H21N3O/c1-13-6-7-15(14(2)11-13)12-20-17(21)19-10-8-16-5-3-4-9-18-16/h3-7,9,11H,8,10,12H2,1-2H3,(H2,19,20,21). The molecular formula is C17H21N3O. The number of amides is 2. The number of carbonyl (C=O) groups excluding carboxylic acids is 1. The minimum Gasteiger partial charge on any atom is -0.338 e. The molecule has 1 aromatic carbocycles. The number of hydrogen-bond donors (Lipinski definition) is 2. The maximum Gasteiger partial charge on any atom is 0.315 e. The molecule has 0 bridgehead atoms. The summed E-state index contributed by atoms with van der Waals surface area (Å²) >= 11 is 0. The van der Waals surface area contributed by atoms with Crippen LogP contribution in [0.3, 0.4) is 0 Å². The topological polar surface area (TPSA) is 54.0 Å². The van der Waals surface area contributed by atoms with Crippen LogP contribution in [0, 0.1) is 13.8 Å². The molecule has 0 aliphatic heterocycles. The van der Waals surface area contributed by atoms with Gasteiger partial charge >= 0.3 is 6.03 Å². The largest absolute Gasteiger partial charge is 0.338 e. The van der Waals surface area contributed by atoms with E-state index in [2.05, 4.69) is 47.7 Å². The molecule has 4 heteroatoms. The normalized spacial score (nSPS) is 10.2. The number of hydrogen-bond acceptors (Lipinski definition) is 2. The number of urea groups is 1. The number of rotatable bonds is 5. The Labute approximate surface area is 125 Å². The van der Waals surface area contributed by atoms with E-state index < -0.39 is 0 Å². The molecule has 2 N–H and O–H groups in total. The molecule has 1 heterocycles. The Morgan fingerprint density at radius 1 is 1.14 bits per heavy atom. The molecule has 2 amide bonds. The van der Waals surface area contributed by atoms with Crippen molar-refractivity contribution in [2.75, 3.05) is 6.54 Å². The van der Waals surface area contributed by atoms with Crippen LogP contribution >= 0.6 is 0 Å². The van der Waals surface area contributed by atoms with Gasteiger partial charge in [-0.1, -0.05) is 29.8 Å². The molecule has 110 valence electrons. The van der Waals surface area contributed by atoms with E-state index >= 15 is 0 Å². The van der Waals surface area contributed by atoms with Crippen molar-refractivity contribution < 1.29 is 4.79 Å². The first-order chi connectivity index (χ1) is 10.1. The zero-order valence-corrected chi connectivity index (χ0v) is 12.5. The predicted molar refractivity (Wildman–Crippen MR) is 84.1 cm³/mol. The Bertz CT molecular complexity index is 596. The molecule has 21 heavy (non-hydrogen) atoms. The summed E-state index contributed by atoms with van der Waals surface area (Å²) in [4.78, 5) is 16.0. The van der Waals surface area contributed by atoms with E-state index in [4.69, 9.17) is 0 Å². The fourth-order valence-electron chi connectivity index (χ4n) is 2.13. The SMILES string of the molecule is Cc1ccc(CNC(=O)NCCc2ccccn2)c(C)c1. The maximum atomic E-state index is 11.7. The van der Waals surface area contributed by atoms with Gasteiger partial charge in [0.15, 0.2) is 0 Å². The predicted octanol–water partition coefficient (Wildman–Crippen LogP) is 2.74. The number of benzene rings is 1. The summed E-state index contributed by atoms with van der Waals surface area (Å²) in [5.41, 5.74) is 4.55. The zero-order valence-electron chi connectivity index (χ0n) is 12.5. The lowest BCUT2D eigenvalue weighted by Crippen LogP contribution is -2.36. The Balaban J connectivity index is 1.72. The summed E-state index contributed by atoms with van der Waals surface area (Å²) in [6.07, 6.45) is 2.49. The van der Waals surface area contributed by atoms with Crippen molar-refractivity contribution in [3.8, 4) is 0 Å². The summed E-state index contributed by atoms with van der Waals surface area (Å²) < 4.78 is 0. The van der Waals surface area contributed by atoms with Crippen LogP contribution in [0.25, 0.3) is 0 Å². The van der Waals surface area contributed by atoms with Gasteiger partial charge in [0.25, 0.3) is 0 Å². The highest BCUT2D eigenvalue weighted by Gasteiger charge is 2.03. The van der Waals surface area contributed by atoms with Gasteiger partial charge in [-0.2, -0.15) is 0 Å². The van der Waals surface area contributed by atoms with Crippen LogP contribution < -0.4 is 10.6 Å². The molecule has 4 nitrogen and oxygen atoms in total. The van der Waals surface area contributed by atoms with Crippen LogP contribution in [0.4, 0.5) is 4.79 Å². The summed E-state index contributed by atoms with van der Waals surface area (Å²) in [6, 6.07) is 11.9. The zero-order chi connectivity index (χ0) is 15.1. The van der Waals surface area contributed by atoms with E-state index in [0.29, 0.717) is 13.1 Å². The third-order valence-corrected chi connectivity index (χ3v) is 3.33. The molecule has 0 fully saturated rings. The molecule has 2 aromatic rings. The Hall–Kier alpha value is -2.36. The first-order valence-electron chi connectivity index (χ1n) is 7.13. The Kier molecular flexibility index (Phi) is 5.32. The van der Waals surface area contributed by atoms with E-state index in [1.807, 2.05) is 18.2 Å². The second-order valence-electron chi connectivity index (χ2n) is 5.11. The molecule has 0 radical (unpaired) electrons. The van der Waals surface area contributed by atoms with Crippen LogP contribution in [-0.4, -0.2) is 17.6 Å². The lowest BCUT2D eigenvalue weighted by Gasteiger charge is -2.10. The van der Waals surface area contributed by atoms with Gasteiger partial charge in [-0.3, -0.25) is 4.98 Å². The van der Waals surface area contributed by atoms with Gasteiger partial charge in [0.2, 0.25) is 0 Å². The van der Waals surface area contributed by atoms with Gasteiger partial charge in [-0.15, -0.1) is 0 Å². The molecule has 1 aromatic heterocycles. The third kappa shape index (κ3) is 4.91. The Morgan fingerprint density at radius 2 is 2.00 bits per heavy atom. The van der Waals surface area contributed by atoms with Crippen LogP contribution in [-0.2, 0) is 13.0 Å². The molecule has 0 unspecified atom stereocenters. The highest BCUT2D eigenvalue weighted by molar-refractivity contribution is 5.73. The van der Waals surface area contributed by atoms with Gasteiger partial charge in [0.1, 0.15) is 0 Å². The lowest BCUT2D eigenvalue weighted by atomic mass is 10.1. The average Bonchev–Trinajstić information content (AvgIpc) is 2.47. The van der Waals surface area contributed by atoms with Gasteiger partial charge in [0, 0.05) is 31.4 Å². The number of aromatic nitrogens is 1. The molecule has 0 aliphatic rings. The van der Waals surface area contributed by atoms with Crippen molar-refractivity contribution in [2.24, 2.45) is 0 Å². The van der Waals surface area contributed by atoms with E-state index in [0.717, 1.165) is 17.7 Å². The van der Waals surface area contributed by atoms with E-state index in [9.17, 15) is 4.79 Å².